The van der Waals surface area contributed by atoms with Gasteiger partial charge in [-0.15, -0.1) is 0 Å². The molecule has 4 nitrogen and oxygen atoms in total. The van der Waals surface area contributed by atoms with Gasteiger partial charge in [0.1, 0.15) is 10.7 Å². The molecule has 0 saturated heterocycles. The van der Waals surface area contributed by atoms with Gasteiger partial charge >= 0.3 is 0 Å². The van der Waals surface area contributed by atoms with E-state index in [1.165, 1.54) is 11.8 Å². The first-order chi connectivity index (χ1) is 10.1. The van der Waals surface area contributed by atoms with E-state index in [-0.39, 0.29) is 12.3 Å². The molecule has 1 aliphatic heterocycles. The zero-order chi connectivity index (χ0) is 14.9. The molecular weight excluding hydrogens is 286 g/mol. The Hall–Kier alpha value is -1.98. The van der Waals surface area contributed by atoms with Gasteiger partial charge in [-0.1, -0.05) is 36.0 Å². The van der Waals surface area contributed by atoms with Gasteiger partial charge in [0.25, 0.3) is 0 Å². The standard InChI is InChI=1S/C16H15NO3S/c1-20-12-8-6-11(7-9-12)16(19)10-15(18)17-13-4-2-3-5-14(13)21-16/h2-9,19H,10H2,1H3,(H,17,18). The second kappa shape index (κ2) is 5.42. The molecule has 0 aromatic heterocycles. The largest absolute Gasteiger partial charge is 0.497 e. The number of aliphatic hydroxyl groups is 1. The van der Waals surface area contributed by atoms with Gasteiger partial charge in [-0.2, -0.15) is 0 Å². The topological polar surface area (TPSA) is 58.6 Å². The molecule has 1 aliphatic rings. The molecule has 0 fully saturated rings. The van der Waals surface area contributed by atoms with E-state index < -0.39 is 4.93 Å². The van der Waals surface area contributed by atoms with E-state index in [1.54, 1.807) is 31.4 Å². The highest BCUT2D eigenvalue weighted by atomic mass is 32.2. The van der Waals surface area contributed by atoms with Crippen LogP contribution in [0.3, 0.4) is 0 Å². The number of rotatable bonds is 2. The molecule has 1 heterocycles. The molecule has 0 aliphatic carbocycles. The van der Waals surface area contributed by atoms with Crippen LogP contribution < -0.4 is 10.1 Å². The molecule has 1 amide bonds. The third-order valence-electron chi connectivity index (χ3n) is 3.38. The van der Waals surface area contributed by atoms with E-state index in [1.807, 2.05) is 24.3 Å². The number of anilines is 1. The van der Waals surface area contributed by atoms with Crippen molar-refractivity contribution in [3.05, 3.63) is 54.1 Å². The summed E-state index contributed by atoms with van der Waals surface area (Å²) in [6.45, 7) is 0. The number of carbonyl (C=O) groups excluding carboxylic acids is 1. The van der Waals surface area contributed by atoms with E-state index in [0.717, 1.165) is 10.6 Å². The molecule has 2 aromatic rings. The van der Waals surface area contributed by atoms with Crippen molar-refractivity contribution in [1.29, 1.82) is 0 Å². The molecule has 2 aromatic carbocycles. The summed E-state index contributed by atoms with van der Waals surface area (Å²) < 4.78 is 5.12. The average Bonchev–Trinajstić information content (AvgIpc) is 2.62. The van der Waals surface area contributed by atoms with Crippen molar-refractivity contribution in [3.63, 3.8) is 0 Å². The first-order valence-corrected chi connectivity index (χ1v) is 7.37. The summed E-state index contributed by atoms with van der Waals surface area (Å²) in [6.07, 6.45) is -0.00131. The third-order valence-corrected chi connectivity index (χ3v) is 4.67. The summed E-state index contributed by atoms with van der Waals surface area (Å²) in [5.41, 5.74) is 1.41. The SMILES string of the molecule is COc1ccc(C2(O)CC(=O)Nc3ccccc3S2)cc1. The van der Waals surface area contributed by atoms with Crippen molar-refractivity contribution in [2.24, 2.45) is 0 Å². The Morgan fingerprint density at radius 2 is 1.90 bits per heavy atom. The highest BCUT2D eigenvalue weighted by Crippen LogP contribution is 2.46. The normalized spacial score (nSPS) is 21.1. The first kappa shape index (κ1) is 14.0. The minimum absolute atomic E-state index is 0.00131. The predicted molar refractivity (Wildman–Crippen MR) is 82.4 cm³/mol. The van der Waals surface area contributed by atoms with Crippen molar-refractivity contribution in [1.82, 2.24) is 0 Å². The van der Waals surface area contributed by atoms with Gasteiger partial charge in [0, 0.05) is 4.90 Å². The summed E-state index contributed by atoms with van der Waals surface area (Å²) in [6, 6.07) is 14.6. The number of hydrogen-bond acceptors (Lipinski definition) is 4. The zero-order valence-electron chi connectivity index (χ0n) is 11.5. The lowest BCUT2D eigenvalue weighted by Gasteiger charge is -2.25. The van der Waals surface area contributed by atoms with Crippen LogP contribution in [0.25, 0.3) is 0 Å². The smallest absolute Gasteiger partial charge is 0.228 e. The fraction of sp³-hybridized carbons (Fsp3) is 0.188. The van der Waals surface area contributed by atoms with Crippen LogP contribution in [0.2, 0.25) is 0 Å². The minimum atomic E-state index is -1.29. The second-order valence-corrected chi connectivity index (χ2v) is 6.16. The molecule has 108 valence electrons. The van der Waals surface area contributed by atoms with Crippen molar-refractivity contribution >= 4 is 23.4 Å². The fourth-order valence-corrected chi connectivity index (χ4v) is 3.50. The van der Waals surface area contributed by atoms with Crippen LogP contribution in [0.5, 0.6) is 5.75 Å². The summed E-state index contributed by atoms with van der Waals surface area (Å²) in [5.74, 6) is 0.511. The molecule has 3 rings (SSSR count). The van der Waals surface area contributed by atoms with Crippen molar-refractivity contribution in [2.45, 2.75) is 16.2 Å². The van der Waals surface area contributed by atoms with Crippen molar-refractivity contribution < 1.29 is 14.6 Å². The van der Waals surface area contributed by atoms with E-state index in [0.29, 0.717) is 11.3 Å². The van der Waals surface area contributed by atoms with Gasteiger partial charge in [0.05, 0.1) is 19.2 Å². The number of benzene rings is 2. The first-order valence-electron chi connectivity index (χ1n) is 6.55. The van der Waals surface area contributed by atoms with Crippen LogP contribution in [-0.4, -0.2) is 18.1 Å². The third kappa shape index (κ3) is 2.75. The highest BCUT2D eigenvalue weighted by molar-refractivity contribution is 8.00. The Morgan fingerprint density at radius 1 is 1.19 bits per heavy atom. The monoisotopic (exact) mass is 301 g/mol. The molecule has 21 heavy (non-hydrogen) atoms. The van der Waals surface area contributed by atoms with Gasteiger partial charge in [-0.05, 0) is 29.8 Å². The molecule has 2 N–H and O–H groups in total. The lowest BCUT2D eigenvalue weighted by molar-refractivity contribution is -0.118. The Morgan fingerprint density at radius 3 is 2.62 bits per heavy atom. The summed E-state index contributed by atoms with van der Waals surface area (Å²) in [7, 11) is 1.59. The van der Waals surface area contributed by atoms with Crippen LogP contribution in [0.1, 0.15) is 12.0 Å². The lowest BCUT2D eigenvalue weighted by Crippen LogP contribution is -2.26. The quantitative estimate of drug-likeness (QED) is 0.895. The number of amides is 1. The van der Waals surface area contributed by atoms with Gasteiger partial charge in [0.2, 0.25) is 5.91 Å². The van der Waals surface area contributed by atoms with Crippen LogP contribution >= 0.6 is 11.8 Å². The summed E-state index contributed by atoms with van der Waals surface area (Å²) in [4.78, 5) is 11.6. The van der Waals surface area contributed by atoms with Gasteiger partial charge in [-0.3, -0.25) is 4.79 Å². The van der Waals surface area contributed by atoms with Crippen LogP contribution in [0, 0.1) is 0 Å². The number of carbonyl (C=O) groups is 1. The lowest BCUT2D eigenvalue weighted by atomic mass is 10.1. The number of ether oxygens (including phenoxy) is 1. The van der Waals surface area contributed by atoms with Crippen LogP contribution in [0.15, 0.2) is 53.4 Å². The molecule has 1 unspecified atom stereocenters. The van der Waals surface area contributed by atoms with E-state index in [2.05, 4.69) is 5.32 Å². The maximum atomic E-state index is 12.0. The number of methoxy groups -OCH3 is 1. The molecule has 0 spiro atoms. The molecule has 0 saturated carbocycles. The molecule has 0 radical (unpaired) electrons. The number of thioether (sulfide) groups is 1. The second-order valence-electron chi connectivity index (χ2n) is 4.84. The summed E-state index contributed by atoms with van der Waals surface area (Å²) in [5, 5.41) is 13.8. The maximum Gasteiger partial charge on any atom is 0.228 e. The Balaban J connectivity index is 2.01. The molecule has 0 bridgehead atoms. The minimum Gasteiger partial charge on any atom is -0.497 e. The molecule has 5 heteroatoms. The molecular formula is C16H15NO3S. The number of hydrogen-bond donors (Lipinski definition) is 2. The number of para-hydroxylation sites is 1. The van der Waals surface area contributed by atoms with E-state index >= 15 is 0 Å². The zero-order valence-corrected chi connectivity index (χ0v) is 12.3. The van der Waals surface area contributed by atoms with Crippen molar-refractivity contribution in [3.8, 4) is 5.75 Å². The van der Waals surface area contributed by atoms with Gasteiger partial charge in [-0.25, -0.2) is 0 Å². The van der Waals surface area contributed by atoms with E-state index in [9.17, 15) is 9.90 Å². The van der Waals surface area contributed by atoms with Crippen molar-refractivity contribution in [2.75, 3.05) is 12.4 Å². The van der Waals surface area contributed by atoms with Gasteiger partial charge < -0.3 is 15.2 Å². The highest BCUT2D eigenvalue weighted by Gasteiger charge is 2.36. The summed E-state index contributed by atoms with van der Waals surface area (Å²) >= 11 is 1.28. The van der Waals surface area contributed by atoms with Crippen LogP contribution in [0.4, 0.5) is 5.69 Å². The predicted octanol–water partition coefficient (Wildman–Crippen LogP) is 2.97. The van der Waals surface area contributed by atoms with E-state index in [4.69, 9.17) is 4.74 Å². The maximum absolute atomic E-state index is 12.0. The molecule has 1 atom stereocenters. The number of nitrogens with one attached hydrogen (secondary N) is 1. The number of fused-ring (bicyclic) bond motifs is 1. The van der Waals surface area contributed by atoms with Crippen LogP contribution in [-0.2, 0) is 9.73 Å². The average molecular weight is 301 g/mol. The Bertz CT molecular complexity index is 671. The Kier molecular flexibility index (Phi) is 3.61. The Labute approximate surface area is 127 Å². The fourth-order valence-electron chi connectivity index (χ4n) is 2.30. The van der Waals surface area contributed by atoms with Gasteiger partial charge in [0.15, 0.2) is 0 Å².